The number of unbranched alkanes of at least 4 members (excludes halogenated alkanes) is 1. The van der Waals surface area contributed by atoms with E-state index in [0.717, 1.165) is 19.3 Å². The first kappa shape index (κ1) is 13.9. The van der Waals surface area contributed by atoms with Crippen molar-refractivity contribution < 1.29 is 9.59 Å². The lowest BCUT2D eigenvalue weighted by Crippen LogP contribution is -2.34. The van der Waals surface area contributed by atoms with Gasteiger partial charge in [-0.15, -0.1) is 0 Å². The molecule has 82 valence electrons. The average molecular weight is 239 g/mol. The fourth-order valence-electron chi connectivity index (χ4n) is 1.50. The fraction of sp³-hybridized carbons (Fsp3) is 0.800. The van der Waals surface area contributed by atoms with Gasteiger partial charge in [0.25, 0.3) is 0 Å². The van der Waals surface area contributed by atoms with E-state index in [1.807, 2.05) is 13.8 Å². The maximum absolute atomic E-state index is 11.3. The second kappa shape index (κ2) is 6.41. The summed E-state index contributed by atoms with van der Waals surface area (Å²) in [6, 6.07) is 0. The highest BCUT2D eigenvalue weighted by Crippen LogP contribution is 2.35. The summed E-state index contributed by atoms with van der Waals surface area (Å²) in [6.45, 7) is 3.90. The van der Waals surface area contributed by atoms with E-state index in [2.05, 4.69) is 0 Å². The van der Waals surface area contributed by atoms with Crippen LogP contribution in [0.25, 0.3) is 0 Å². The van der Waals surface area contributed by atoms with Crippen LogP contribution in [0.5, 0.6) is 0 Å². The van der Waals surface area contributed by atoms with E-state index in [1.165, 1.54) is 0 Å². The molecule has 0 fully saturated rings. The van der Waals surface area contributed by atoms with Crippen molar-refractivity contribution in [2.75, 3.05) is 0 Å². The Labute approximate surface area is 95.0 Å². The quantitative estimate of drug-likeness (QED) is 0.503. The van der Waals surface area contributed by atoms with Crippen LogP contribution < -0.4 is 0 Å². The van der Waals surface area contributed by atoms with Gasteiger partial charge < -0.3 is 0 Å². The van der Waals surface area contributed by atoms with E-state index in [1.54, 1.807) is 0 Å². The Bertz CT molecular complexity index is 200. The van der Waals surface area contributed by atoms with Crippen LogP contribution in [0.2, 0.25) is 0 Å². The molecule has 2 nitrogen and oxygen atoms in total. The highest BCUT2D eigenvalue weighted by Gasteiger charge is 2.42. The first-order valence-electron chi connectivity index (χ1n) is 4.91. The summed E-state index contributed by atoms with van der Waals surface area (Å²) >= 11 is 10.9. The molecule has 0 unspecified atom stereocenters. The summed E-state index contributed by atoms with van der Waals surface area (Å²) in [7, 11) is 0. The maximum atomic E-state index is 11.3. The molecular weight excluding hydrogens is 223 g/mol. The van der Waals surface area contributed by atoms with Crippen molar-refractivity contribution in [3.8, 4) is 0 Å². The topological polar surface area (TPSA) is 34.1 Å². The number of carbonyl (C=O) groups excluding carboxylic acids is 2. The Kier molecular flexibility index (Phi) is 6.38. The summed E-state index contributed by atoms with van der Waals surface area (Å²) in [5, 5.41) is -1.24. The Morgan fingerprint density at radius 2 is 1.50 bits per heavy atom. The molecule has 0 aromatic carbocycles. The van der Waals surface area contributed by atoms with E-state index in [0.29, 0.717) is 12.8 Å². The molecular formula is C10H16Cl2O2. The minimum absolute atomic E-state index is 0.442. The van der Waals surface area contributed by atoms with Crippen LogP contribution in [-0.2, 0) is 9.59 Å². The highest BCUT2D eigenvalue weighted by molar-refractivity contribution is 6.74. The second-order valence-corrected chi connectivity index (χ2v) is 4.17. The summed E-state index contributed by atoms with van der Waals surface area (Å²) in [5.41, 5.74) is -1.14. The van der Waals surface area contributed by atoms with Crippen molar-refractivity contribution in [1.29, 1.82) is 0 Å². The summed E-state index contributed by atoms with van der Waals surface area (Å²) in [4.78, 5) is 22.5. The summed E-state index contributed by atoms with van der Waals surface area (Å²) in [5.74, 6) is 0. The molecule has 0 radical (unpaired) electrons. The minimum atomic E-state index is -1.14. The van der Waals surface area contributed by atoms with Crippen LogP contribution in [0, 0.1) is 5.41 Å². The molecule has 14 heavy (non-hydrogen) atoms. The smallest absolute Gasteiger partial charge is 0.236 e. The molecule has 0 spiro atoms. The molecule has 0 aliphatic carbocycles. The first-order chi connectivity index (χ1) is 6.51. The minimum Gasteiger partial charge on any atom is -0.280 e. The third-order valence-electron chi connectivity index (χ3n) is 2.39. The lowest BCUT2D eigenvalue weighted by Gasteiger charge is -2.24. The Balaban J connectivity index is 4.75. The molecule has 0 aliphatic heterocycles. The molecule has 0 aromatic heterocycles. The Morgan fingerprint density at radius 3 is 1.79 bits per heavy atom. The number of hydrogen-bond acceptors (Lipinski definition) is 2. The third kappa shape index (κ3) is 3.25. The maximum Gasteiger partial charge on any atom is 0.236 e. The zero-order valence-electron chi connectivity index (χ0n) is 8.61. The summed E-state index contributed by atoms with van der Waals surface area (Å²) in [6.07, 6.45) is 3.33. The van der Waals surface area contributed by atoms with Crippen LogP contribution in [0.4, 0.5) is 0 Å². The van der Waals surface area contributed by atoms with Crippen LogP contribution >= 0.6 is 23.2 Å². The molecule has 4 heteroatoms. The predicted molar refractivity (Wildman–Crippen MR) is 58.6 cm³/mol. The number of hydrogen-bond donors (Lipinski definition) is 0. The number of rotatable bonds is 7. The molecule has 0 N–H and O–H groups in total. The van der Waals surface area contributed by atoms with Gasteiger partial charge >= 0.3 is 0 Å². The highest BCUT2D eigenvalue weighted by atomic mass is 35.5. The first-order valence-corrected chi connectivity index (χ1v) is 5.66. The number of halogens is 2. The standard InChI is InChI=1S/C10H16Cl2O2/c1-3-5-7-10(6-4-2,8(11)13)9(12)14/h3-7H2,1-2H3. The van der Waals surface area contributed by atoms with Gasteiger partial charge in [-0.25, -0.2) is 0 Å². The van der Waals surface area contributed by atoms with Crippen molar-refractivity contribution in [2.45, 2.75) is 46.0 Å². The lowest BCUT2D eigenvalue weighted by molar-refractivity contribution is -0.132. The van der Waals surface area contributed by atoms with E-state index < -0.39 is 15.9 Å². The molecule has 0 saturated heterocycles. The van der Waals surface area contributed by atoms with Gasteiger partial charge in [-0.1, -0.05) is 33.1 Å². The third-order valence-corrected chi connectivity index (χ3v) is 3.11. The van der Waals surface area contributed by atoms with Crippen LogP contribution in [0.15, 0.2) is 0 Å². The van der Waals surface area contributed by atoms with Crippen molar-refractivity contribution in [3.05, 3.63) is 0 Å². The normalized spacial score (nSPS) is 11.4. The monoisotopic (exact) mass is 238 g/mol. The molecule has 0 aliphatic rings. The van der Waals surface area contributed by atoms with Crippen LogP contribution in [0.1, 0.15) is 46.0 Å². The Hall–Kier alpha value is -0.0800. The van der Waals surface area contributed by atoms with Gasteiger partial charge in [0.1, 0.15) is 5.41 Å². The van der Waals surface area contributed by atoms with E-state index >= 15 is 0 Å². The van der Waals surface area contributed by atoms with Crippen molar-refractivity contribution in [2.24, 2.45) is 5.41 Å². The summed E-state index contributed by atoms with van der Waals surface area (Å²) < 4.78 is 0. The van der Waals surface area contributed by atoms with Gasteiger partial charge in [0, 0.05) is 0 Å². The van der Waals surface area contributed by atoms with Gasteiger partial charge in [-0.2, -0.15) is 0 Å². The van der Waals surface area contributed by atoms with E-state index in [9.17, 15) is 9.59 Å². The molecule has 0 atom stereocenters. The second-order valence-electron chi connectivity index (χ2n) is 3.48. The molecule has 0 saturated carbocycles. The largest absolute Gasteiger partial charge is 0.280 e. The fourth-order valence-corrected chi connectivity index (χ4v) is 2.10. The molecule has 0 rings (SSSR count). The number of carbonyl (C=O) groups is 2. The molecule has 0 heterocycles. The predicted octanol–water partition coefficient (Wildman–Crippen LogP) is 3.49. The van der Waals surface area contributed by atoms with Crippen LogP contribution in [0.3, 0.4) is 0 Å². The van der Waals surface area contributed by atoms with Gasteiger partial charge in [0.2, 0.25) is 10.5 Å². The molecule has 0 bridgehead atoms. The SMILES string of the molecule is CCCCC(CCC)(C(=O)Cl)C(=O)Cl. The molecule has 0 aromatic rings. The van der Waals surface area contributed by atoms with Gasteiger partial charge in [0.15, 0.2) is 0 Å². The zero-order valence-corrected chi connectivity index (χ0v) is 10.1. The van der Waals surface area contributed by atoms with E-state index in [4.69, 9.17) is 23.2 Å². The Morgan fingerprint density at radius 1 is 1.00 bits per heavy atom. The van der Waals surface area contributed by atoms with E-state index in [-0.39, 0.29) is 0 Å². The average Bonchev–Trinajstić information content (AvgIpc) is 2.11. The van der Waals surface area contributed by atoms with Gasteiger partial charge in [-0.05, 0) is 36.0 Å². The van der Waals surface area contributed by atoms with Gasteiger partial charge in [0.05, 0.1) is 0 Å². The molecule has 0 amide bonds. The van der Waals surface area contributed by atoms with Crippen molar-refractivity contribution in [1.82, 2.24) is 0 Å². The zero-order chi connectivity index (χ0) is 11.2. The van der Waals surface area contributed by atoms with Crippen LogP contribution in [-0.4, -0.2) is 10.5 Å². The lowest BCUT2D eigenvalue weighted by atomic mass is 9.81. The van der Waals surface area contributed by atoms with Crippen molar-refractivity contribution in [3.63, 3.8) is 0 Å². The van der Waals surface area contributed by atoms with Crippen molar-refractivity contribution >= 4 is 33.7 Å². The van der Waals surface area contributed by atoms with Gasteiger partial charge in [-0.3, -0.25) is 9.59 Å².